The average Bonchev–Trinajstić information content (AvgIpc) is 2.73. The van der Waals surface area contributed by atoms with Crippen molar-refractivity contribution in [1.29, 1.82) is 0 Å². The van der Waals surface area contributed by atoms with E-state index in [0.29, 0.717) is 0 Å². The number of para-hydroxylation sites is 1. The fraction of sp³-hybridized carbons (Fsp3) is 0.533. The summed E-state index contributed by atoms with van der Waals surface area (Å²) >= 11 is 1.74. The number of nitrogens with one attached hydrogen (secondary N) is 1. The highest BCUT2D eigenvalue weighted by Gasteiger charge is 2.21. The van der Waals surface area contributed by atoms with E-state index < -0.39 is 0 Å². The van der Waals surface area contributed by atoms with Crippen LogP contribution in [0.25, 0.3) is 10.2 Å². The molecule has 1 aliphatic rings. The number of nitrogens with zero attached hydrogens (tertiary/aromatic N) is 1. The molecule has 19 heavy (non-hydrogen) atoms. The van der Waals surface area contributed by atoms with Crippen molar-refractivity contribution in [2.24, 2.45) is 0 Å². The van der Waals surface area contributed by atoms with Crippen LogP contribution in [0.4, 0.5) is 0 Å². The van der Waals surface area contributed by atoms with Crippen LogP contribution in [0.2, 0.25) is 0 Å². The van der Waals surface area contributed by atoms with Crippen molar-refractivity contribution in [3.05, 3.63) is 29.3 Å². The van der Waals surface area contributed by atoms with Gasteiger partial charge in [-0.2, -0.15) is 0 Å². The maximum atomic E-state index is 10.1. The van der Waals surface area contributed by atoms with Gasteiger partial charge >= 0.3 is 0 Å². The van der Waals surface area contributed by atoms with E-state index in [1.54, 1.807) is 11.3 Å². The Hall–Kier alpha value is -0.970. The fourth-order valence-electron chi connectivity index (χ4n) is 2.74. The van der Waals surface area contributed by atoms with Gasteiger partial charge in [0.2, 0.25) is 0 Å². The maximum Gasteiger partial charge on any atom is 0.108 e. The van der Waals surface area contributed by atoms with E-state index in [1.165, 1.54) is 17.5 Å². The Kier molecular flexibility index (Phi) is 4.11. The Balaban J connectivity index is 1.64. The molecule has 0 amide bonds. The molecule has 1 saturated carbocycles. The number of aliphatic hydroxyl groups is 1. The molecule has 1 fully saturated rings. The van der Waals surface area contributed by atoms with E-state index in [-0.39, 0.29) is 12.1 Å². The quantitative estimate of drug-likeness (QED) is 0.847. The molecule has 1 heterocycles. The number of benzene rings is 1. The van der Waals surface area contributed by atoms with Crippen LogP contribution in [0.3, 0.4) is 0 Å². The summed E-state index contributed by atoms with van der Waals surface area (Å²) in [5.41, 5.74) is 1.07. The summed E-state index contributed by atoms with van der Waals surface area (Å²) in [4.78, 5) is 4.62. The number of hydrogen-bond acceptors (Lipinski definition) is 4. The molecule has 0 aliphatic heterocycles. The van der Waals surface area contributed by atoms with E-state index in [0.717, 1.165) is 36.3 Å². The normalized spacial score (nSPS) is 24.5. The van der Waals surface area contributed by atoms with Crippen LogP contribution < -0.4 is 5.32 Å². The van der Waals surface area contributed by atoms with Gasteiger partial charge in [0.25, 0.3) is 0 Å². The van der Waals surface area contributed by atoms with E-state index >= 15 is 0 Å². The summed E-state index contributed by atoms with van der Waals surface area (Å²) < 4.78 is 1.24. The predicted molar refractivity (Wildman–Crippen MR) is 79.3 cm³/mol. The van der Waals surface area contributed by atoms with Gasteiger partial charge < -0.3 is 10.4 Å². The zero-order valence-electron chi connectivity index (χ0n) is 11.0. The summed E-state index contributed by atoms with van der Waals surface area (Å²) in [5, 5.41) is 14.7. The van der Waals surface area contributed by atoms with Crippen LogP contribution >= 0.6 is 11.3 Å². The molecule has 2 atom stereocenters. The molecule has 102 valence electrons. The van der Waals surface area contributed by atoms with Gasteiger partial charge in [0.05, 0.1) is 16.3 Å². The Labute approximate surface area is 117 Å². The van der Waals surface area contributed by atoms with Crippen LogP contribution in [0.5, 0.6) is 0 Å². The largest absolute Gasteiger partial charge is 0.392 e. The molecular formula is C15H20N2OS. The highest BCUT2D eigenvalue weighted by molar-refractivity contribution is 7.18. The number of hydrogen-bond donors (Lipinski definition) is 2. The highest BCUT2D eigenvalue weighted by Crippen LogP contribution is 2.22. The van der Waals surface area contributed by atoms with E-state index in [9.17, 15) is 5.11 Å². The topological polar surface area (TPSA) is 45.1 Å². The van der Waals surface area contributed by atoms with E-state index in [4.69, 9.17) is 0 Å². The van der Waals surface area contributed by atoms with E-state index in [1.807, 2.05) is 12.1 Å². The lowest BCUT2D eigenvalue weighted by Gasteiger charge is -2.21. The second kappa shape index (κ2) is 5.99. The van der Waals surface area contributed by atoms with Crippen molar-refractivity contribution in [3.8, 4) is 0 Å². The molecule has 2 N–H and O–H groups in total. The number of fused-ring (bicyclic) bond motifs is 1. The lowest BCUT2D eigenvalue weighted by Crippen LogP contribution is -2.38. The highest BCUT2D eigenvalue weighted by atomic mass is 32.1. The van der Waals surface area contributed by atoms with Gasteiger partial charge in [-0.25, -0.2) is 4.98 Å². The van der Waals surface area contributed by atoms with Crippen LogP contribution in [-0.2, 0) is 6.54 Å². The number of aromatic nitrogens is 1. The van der Waals surface area contributed by atoms with Crippen molar-refractivity contribution < 1.29 is 5.11 Å². The molecule has 4 heteroatoms. The summed E-state index contributed by atoms with van der Waals surface area (Å²) in [6, 6.07) is 8.46. The van der Waals surface area contributed by atoms with Gasteiger partial charge in [-0.15, -0.1) is 11.3 Å². The van der Waals surface area contributed by atoms with Crippen molar-refractivity contribution in [1.82, 2.24) is 10.3 Å². The first-order valence-corrected chi connectivity index (χ1v) is 7.90. The van der Waals surface area contributed by atoms with Crippen molar-refractivity contribution in [2.75, 3.05) is 0 Å². The molecule has 3 nitrogen and oxygen atoms in total. The number of aliphatic hydroxyl groups excluding tert-OH is 1. The van der Waals surface area contributed by atoms with Gasteiger partial charge in [0, 0.05) is 12.6 Å². The maximum absolute atomic E-state index is 10.1. The first-order valence-electron chi connectivity index (χ1n) is 7.09. The molecule has 2 unspecified atom stereocenters. The molecule has 1 aliphatic carbocycles. The second-order valence-electron chi connectivity index (χ2n) is 5.27. The summed E-state index contributed by atoms with van der Waals surface area (Å²) in [7, 11) is 0. The van der Waals surface area contributed by atoms with E-state index in [2.05, 4.69) is 22.4 Å². The average molecular weight is 276 g/mol. The Bertz CT molecular complexity index is 507. The number of rotatable bonds is 3. The minimum Gasteiger partial charge on any atom is -0.392 e. The third-order valence-electron chi connectivity index (χ3n) is 3.83. The molecule has 2 aromatic rings. The fourth-order valence-corrected chi connectivity index (χ4v) is 3.66. The molecule has 0 bridgehead atoms. The molecule has 0 saturated heterocycles. The summed E-state index contributed by atoms with van der Waals surface area (Å²) in [6.45, 7) is 0.765. The van der Waals surface area contributed by atoms with Gasteiger partial charge in [0.1, 0.15) is 5.01 Å². The molecule has 3 rings (SSSR count). The first kappa shape index (κ1) is 13.0. The van der Waals surface area contributed by atoms with Gasteiger partial charge in [-0.1, -0.05) is 31.4 Å². The monoisotopic (exact) mass is 276 g/mol. The zero-order chi connectivity index (χ0) is 13.1. The third-order valence-corrected chi connectivity index (χ3v) is 4.87. The molecule has 1 aromatic carbocycles. The molecule has 1 aromatic heterocycles. The minimum atomic E-state index is -0.197. The van der Waals surface area contributed by atoms with Crippen LogP contribution in [0, 0.1) is 0 Å². The SMILES string of the molecule is OC1CCCCCC1NCc1nc2ccccc2s1. The Morgan fingerprint density at radius 1 is 1.21 bits per heavy atom. The summed E-state index contributed by atoms with van der Waals surface area (Å²) in [5.74, 6) is 0. The number of thiazole rings is 1. The van der Waals surface area contributed by atoms with Crippen LogP contribution in [0.1, 0.15) is 37.1 Å². The van der Waals surface area contributed by atoms with Crippen LogP contribution in [0.15, 0.2) is 24.3 Å². The second-order valence-corrected chi connectivity index (χ2v) is 6.38. The first-order chi connectivity index (χ1) is 9.33. The Morgan fingerprint density at radius 3 is 2.95 bits per heavy atom. The minimum absolute atomic E-state index is 0.197. The van der Waals surface area contributed by atoms with Crippen molar-refractivity contribution in [2.45, 2.75) is 50.8 Å². The molecular weight excluding hydrogens is 256 g/mol. The molecule has 0 spiro atoms. The lowest BCUT2D eigenvalue weighted by atomic mass is 10.1. The zero-order valence-corrected chi connectivity index (χ0v) is 11.8. The van der Waals surface area contributed by atoms with Gasteiger partial charge in [-0.3, -0.25) is 0 Å². The van der Waals surface area contributed by atoms with Gasteiger partial charge in [0.15, 0.2) is 0 Å². The summed E-state index contributed by atoms with van der Waals surface area (Å²) in [6.07, 6.45) is 5.42. The third kappa shape index (κ3) is 3.14. The van der Waals surface area contributed by atoms with Crippen LogP contribution in [-0.4, -0.2) is 22.2 Å². The lowest BCUT2D eigenvalue weighted by molar-refractivity contribution is 0.119. The standard InChI is InChI=1S/C15H20N2OS/c18-13-8-3-1-2-6-11(13)16-10-15-17-12-7-4-5-9-14(12)19-15/h4-5,7,9,11,13,16,18H,1-3,6,8,10H2. The molecule has 0 radical (unpaired) electrons. The predicted octanol–water partition coefficient (Wildman–Crippen LogP) is 3.08. The van der Waals surface area contributed by atoms with Crippen molar-refractivity contribution in [3.63, 3.8) is 0 Å². The van der Waals surface area contributed by atoms with Crippen molar-refractivity contribution >= 4 is 21.6 Å². The van der Waals surface area contributed by atoms with Gasteiger partial charge in [-0.05, 0) is 25.0 Å². The Morgan fingerprint density at radius 2 is 2.05 bits per heavy atom. The smallest absolute Gasteiger partial charge is 0.108 e.